The molecule has 0 spiro atoms. The Morgan fingerprint density at radius 3 is 2.02 bits per heavy atom. The van der Waals surface area contributed by atoms with E-state index in [9.17, 15) is 61.0 Å². The van der Waals surface area contributed by atoms with E-state index in [0.29, 0.717) is 5.56 Å². The van der Waals surface area contributed by atoms with Crippen molar-refractivity contribution < 1.29 is 94.1 Å². The molecule has 288 valence electrons. The summed E-state index contributed by atoms with van der Waals surface area (Å²) >= 11 is 0. The first-order chi connectivity index (χ1) is 24.7. The first kappa shape index (κ1) is 39.5. The molecule has 2 aromatic rings. The number of phenolic OH excluding ortho intramolecular Hbond substituents is 4. The number of aliphatic hydroxyl groups excluding tert-OH is 5. The van der Waals surface area contributed by atoms with Crippen molar-refractivity contribution in [3.8, 4) is 23.0 Å². The summed E-state index contributed by atoms with van der Waals surface area (Å²) in [5.41, 5.74) is -3.38. The van der Waals surface area contributed by atoms with E-state index in [1.165, 1.54) is 36.4 Å². The normalized spacial score (nSPS) is 34.9. The van der Waals surface area contributed by atoms with Crippen LogP contribution in [-0.4, -0.2) is 168 Å². The van der Waals surface area contributed by atoms with Crippen LogP contribution in [-0.2, 0) is 44.4 Å². The molecule has 19 nitrogen and oxygen atoms in total. The fourth-order valence-corrected chi connectivity index (χ4v) is 5.65. The van der Waals surface area contributed by atoms with Crippen molar-refractivity contribution in [2.75, 3.05) is 39.6 Å². The predicted molar refractivity (Wildman–Crippen MR) is 169 cm³/mol. The van der Waals surface area contributed by atoms with Gasteiger partial charge in [0, 0.05) is 6.08 Å². The molecule has 11 atom stereocenters. The van der Waals surface area contributed by atoms with Gasteiger partial charge in [0.25, 0.3) is 0 Å². The number of hydrogen-bond donors (Lipinski definition) is 11. The average Bonchev–Trinajstić information content (AvgIpc) is 3.58. The molecule has 0 aliphatic carbocycles. The standard InChI is InChI=1S/C33H42O19/c34-12-32(44)14-48-30(27(32)42)47-11-22-25(51-23(40)6-3-16-1-4-18(36)20(38)9-16)26(52-31-28(43)33(45,13-35)15-49-31)24(41)29(50-22)46-8-7-17-2-5-19(37)21(39)10-17/h1-6,9-10,22,24-31,34-39,41-45H,7-8,11-15H2. The molecule has 0 radical (unpaired) electrons. The smallest absolute Gasteiger partial charge is 0.331 e. The second-order valence-electron chi connectivity index (χ2n) is 12.7. The van der Waals surface area contributed by atoms with E-state index in [4.69, 9.17) is 33.2 Å². The van der Waals surface area contributed by atoms with Crippen molar-refractivity contribution in [1.29, 1.82) is 0 Å². The third-order valence-corrected chi connectivity index (χ3v) is 8.87. The lowest BCUT2D eigenvalue weighted by Gasteiger charge is -2.44. The average molecular weight is 743 g/mol. The summed E-state index contributed by atoms with van der Waals surface area (Å²) in [6.45, 7) is -3.59. The number of carbonyl (C=O) groups is 1. The van der Waals surface area contributed by atoms with Crippen molar-refractivity contribution in [2.24, 2.45) is 0 Å². The van der Waals surface area contributed by atoms with Gasteiger partial charge in [0.15, 0.2) is 48.0 Å². The Hall–Kier alpha value is -3.67. The molecular weight excluding hydrogens is 700 g/mol. The maximum absolute atomic E-state index is 13.2. The highest BCUT2D eigenvalue weighted by molar-refractivity contribution is 5.87. The van der Waals surface area contributed by atoms with Gasteiger partial charge in [0.05, 0.1) is 39.6 Å². The maximum Gasteiger partial charge on any atom is 0.331 e. The molecule has 3 heterocycles. The number of hydrogen-bond acceptors (Lipinski definition) is 19. The van der Waals surface area contributed by atoms with Crippen LogP contribution in [0, 0.1) is 0 Å². The van der Waals surface area contributed by atoms with Crippen LogP contribution in [0.4, 0.5) is 0 Å². The molecule has 0 aromatic heterocycles. The van der Waals surface area contributed by atoms with E-state index in [2.05, 4.69) is 0 Å². The van der Waals surface area contributed by atoms with Gasteiger partial charge in [-0.05, 0) is 47.9 Å². The lowest BCUT2D eigenvalue weighted by Crippen LogP contribution is -2.63. The fourth-order valence-electron chi connectivity index (χ4n) is 5.65. The number of benzene rings is 2. The molecule has 11 unspecified atom stereocenters. The zero-order valence-corrected chi connectivity index (χ0v) is 27.5. The molecule has 3 aliphatic heterocycles. The van der Waals surface area contributed by atoms with Gasteiger partial charge >= 0.3 is 5.97 Å². The van der Waals surface area contributed by atoms with Crippen LogP contribution >= 0.6 is 0 Å². The van der Waals surface area contributed by atoms with Gasteiger partial charge in [-0.15, -0.1) is 0 Å². The largest absolute Gasteiger partial charge is 0.504 e. The van der Waals surface area contributed by atoms with Crippen LogP contribution in [0.1, 0.15) is 11.1 Å². The van der Waals surface area contributed by atoms with Crippen LogP contribution in [0.15, 0.2) is 42.5 Å². The van der Waals surface area contributed by atoms with Gasteiger partial charge < -0.3 is 89.3 Å². The molecule has 11 N–H and O–H groups in total. The van der Waals surface area contributed by atoms with Crippen LogP contribution in [0.2, 0.25) is 0 Å². The quantitative estimate of drug-likeness (QED) is 0.0524. The summed E-state index contributed by atoms with van der Waals surface area (Å²) in [7, 11) is 0. The zero-order valence-electron chi connectivity index (χ0n) is 27.5. The van der Waals surface area contributed by atoms with Crippen molar-refractivity contribution in [3.63, 3.8) is 0 Å². The van der Waals surface area contributed by atoms with E-state index < -0.39 is 117 Å². The maximum atomic E-state index is 13.2. The lowest BCUT2D eigenvalue weighted by atomic mass is 9.97. The van der Waals surface area contributed by atoms with Gasteiger partial charge in [0.1, 0.15) is 41.7 Å². The topological polar surface area (TPSA) is 304 Å². The second kappa shape index (κ2) is 16.6. The van der Waals surface area contributed by atoms with Crippen LogP contribution in [0.3, 0.4) is 0 Å². The van der Waals surface area contributed by atoms with Gasteiger partial charge in [-0.2, -0.15) is 0 Å². The Morgan fingerprint density at radius 2 is 1.40 bits per heavy atom. The Kier molecular flexibility index (Phi) is 12.6. The predicted octanol–water partition coefficient (Wildman–Crippen LogP) is -2.94. The Balaban J connectivity index is 1.40. The first-order valence-corrected chi connectivity index (χ1v) is 16.1. The van der Waals surface area contributed by atoms with E-state index in [0.717, 1.165) is 12.1 Å². The summed E-state index contributed by atoms with van der Waals surface area (Å²) < 4.78 is 39.7. The van der Waals surface area contributed by atoms with Gasteiger partial charge in [-0.25, -0.2) is 4.79 Å². The summed E-state index contributed by atoms with van der Waals surface area (Å²) in [4.78, 5) is 13.2. The third-order valence-electron chi connectivity index (χ3n) is 8.87. The number of esters is 1. The minimum Gasteiger partial charge on any atom is -0.504 e. The minimum absolute atomic E-state index is 0.138. The Bertz CT molecular complexity index is 1560. The van der Waals surface area contributed by atoms with Crippen molar-refractivity contribution in [3.05, 3.63) is 53.6 Å². The Morgan fingerprint density at radius 1 is 0.788 bits per heavy atom. The molecule has 52 heavy (non-hydrogen) atoms. The zero-order chi connectivity index (χ0) is 37.8. The number of carbonyl (C=O) groups excluding carboxylic acids is 1. The molecule has 3 saturated heterocycles. The minimum atomic E-state index is -2.14. The molecule has 0 saturated carbocycles. The molecule has 19 heteroatoms. The van der Waals surface area contributed by atoms with Gasteiger partial charge in [-0.1, -0.05) is 12.1 Å². The summed E-state index contributed by atoms with van der Waals surface area (Å²) in [6.07, 6.45) is -12.6. The SMILES string of the molecule is O=C(C=Cc1ccc(O)c(O)c1)OC1C(COC2OCC(O)(CO)C2O)OC(OCCc2ccc(O)c(O)c2)C(O)C1OC1OCC(O)(CO)C1O. The second-order valence-corrected chi connectivity index (χ2v) is 12.7. The number of ether oxygens (including phenoxy) is 7. The van der Waals surface area contributed by atoms with Gasteiger partial charge in [-0.3, -0.25) is 0 Å². The summed E-state index contributed by atoms with van der Waals surface area (Å²) in [5.74, 6) is -2.62. The number of phenols is 4. The molecular formula is C33H42O19. The van der Waals surface area contributed by atoms with E-state index >= 15 is 0 Å². The van der Waals surface area contributed by atoms with Crippen LogP contribution in [0.25, 0.3) is 6.08 Å². The number of aromatic hydroxyl groups is 4. The fraction of sp³-hybridized carbons (Fsp3) is 0.545. The Labute approximate surface area is 295 Å². The molecule has 0 amide bonds. The summed E-state index contributed by atoms with van der Waals surface area (Å²) in [6, 6.07) is 7.82. The molecule has 3 fully saturated rings. The van der Waals surface area contributed by atoms with Crippen LogP contribution < -0.4 is 0 Å². The van der Waals surface area contributed by atoms with E-state index in [-0.39, 0.29) is 30.1 Å². The molecule has 5 rings (SSSR count). The lowest BCUT2D eigenvalue weighted by molar-refractivity contribution is -0.335. The van der Waals surface area contributed by atoms with Crippen molar-refractivity contribution >= 4 is 12.0 Å². The van der Waals surface area contributed by atoms with Gasteiger partial charge in [0.2, 0.25) is 0 Å². The highest BCUT2D eigenvalue weighted by atomic mass is 16.8. The first-order valence-electron chi connectivity index (χ1n) is 16.1. The molecule has 2 aromatic carbocycles. The summed E-state index contributed by atoms with van der Waals surface area (Å²) in [5, 5.41) is 112. The van der Waals surface area contributed by atoms with E-state index in [1.54, 1.807) is 0 Å². The highest BCUT2D eigenvalue weighted by Gasteiger charge is 2.55. The monoisotopic (exact) mass is 742 g/mol. The highest BCUT2D eigenvalue weighted by Crippen LogP contribution is 2.34. The van der Waals surface area contributed by atoms with Crippen molar-refractivity contribution in [1.82, 2.24) is 0 Å². The molecule has 0 bridgehead atoms. The number of aliphatic hydroxyl groups is 7. The third kappa shape index (κ3) is 8.75. The van der Waals surface area contributed by atoms with Crippen LogP contribution in [0.5, 0.6) is 23.0 Å². The van der Waals surface area contributed by atoms with Crippen molar-refractivity contribution in [2.45, 2.75) is 73.1 Å². The molecule has 3 aliphatic rings. The van der Waals surface area contributed by atoms with E-state index in [1.807, 2.05) is 0 Å². The number of rotatable bonds is 14.